The van der Waals surface area contributed by atoms with E-state index >= 15 is 0 Å². The van der Waals surface area contributed by atoms with Gasteiger partial charge in [0.05, 0.1) is 26.0 Å². The number of nitrogens with one attached hydrogen (secondary N) is 1. The Hall–Kier alpha value is -4.26. The van der Waals surface area contributed by atoms with Gasteiger partial charge in [0.1, 0.15) is 11.3 Å². The topological polar surface area (TPSA) is 77.1 Å². The molecule has 3 aromatic rings. The number of para-hydroxylation sites is 1. The molecular weight excluding hydrogens is 432 g/mol. The van der Waals surface area contributed by atoms with E-state index in [0.29, 0.717) is 42.4 Å². The van der Waals surface area contributed by atoms with Crippen LogP contribution in [-0.4, -0.2) is 32.1 Å². The third-order valence-corrected chi connectivity index (χ3v) is 5.21. The molecule has 0 saturated carbocycles. The minimum Gasteiger partial charge on any atom is -0.493 e. The van der Waals surface area contributed by atoms with Crippen molar-refractivity contribution >= 4 is 23.6 Å². The largest absolute Gasteiger partial charge is 0.493 e. The molecule has 7 nitrogen and oxygen atoms in total. The smallest absolute Gasteiger partial charge is 0.282 e. The molecule has 0 bridgehead atoms. The van der Waals surface area contributed by atoms with E-state index in [2.05, 4.69) is 5.43 Å². The van der Waals surface area contributed by atoms with Gasteiger partial charge in [0.25, 0.3) is 11.8 Å². The summed E-state index contributed by atoms with van der Waals surface area (Å²) in [6, 6.07) is 22.1. The molecule has 0 aromatic heterocycles. The lowest BCUT2D eigenvalue weighted by Gasteiger charge is -2.14. The average Bonchev–Trinajstić information content (AvgIpc) is 3.13. The predicted molar refractivity (Wildman–Crippen MR) is 130 cm³/mol. The molecule has 1 N–H and O–H groups in total. The Balaban J connectivity index is 1.37. The van der Waals surface area contributed by atoms with Crippen molar-refractivity contribution in [3.05, 3.63) is 89.5 Å². The number of hydrazine groups is 1. The summed E-state index contributed by atoms with van der Waals surface area (Å²) in [5, 5.41) is 1.24. The normalized spacial score (nSPS) is 14.3. The van der Waals surface area contributed by atoms with Crippen LogP contribution >= 0.6 is 0 Å². The van der Waals surface area contributed by atoms with Crippen molar-refractivity contribution in [3.63, 3.8) is 0 Å². The number of amides is 2. The van der Waals surface area contributed by atoms with Crippen LogP contribution in [0.4, 0.5) is 5.69 Å². The highest BCUT2D eigenvalue weighted by Gasteiger charge is 2.34. The fourth-order valence-electron chi connectivity index (χ4n) is 3.51. The summed E-state index contributed by atoms with van der Waals surface area (Å²) in [5.74, 6) is 1.06. The van der Waals surface area contributed by atoms with E-state index in [9.17, 15) is 9.59 Å². The molecule has 0 aliphatic carbocycles. The third kappa shape index (κ3) is 5.38. The lowest BCUT2D eigenvalue weighted by molar-refractivity contribution is -0.117. The van der Waals surface area contributed by atoms with Gasteiger partial charge < -0.3 is 14.2 Å². The third-order valence-electron chi connectivity index (χ3n) is 5.21. The van der Waals surface area contributed by atoms with Crippen molar-refractivity contribution in [3.8, 4) is 17.2 Å². The van der Waals surface area contributed by atoms with Gasteiger partial charge in [-0.2, -0.15) is 0 Å². The van der Waals surface area contributed by atoms with Crippen molar-refractivity contribution in [2.24, 2.45) is 0 Å². The predicted octanol–water partition coefficient (Wildman–Crippen LogP) is 4.31. The fraction of sp³-hybridized carbons (Fsp3) is 0.185. The van der Waals surface area contributed by atoms with Gasteiger partial charge in [0, 0.05) is 6.42 Å². The molecule has 0 atom stereocenters. The monoisotopic (exact) mass is 458 g/mol. The maximum absolute atomic E-state index is 12.8. The van der Waals surface area contributed by atoms with E-state index in [1.165, 1.54) is 5.01 Å². The standard InChI is InChI=1S/C27H26N2O5/c1-19-8-6-11-22(16-19)33-14-7-15-34-24-13-12-20(18-25(24)32-2)17-23-26(30)28-29(27(23)31)21-9-4-3-5-10-21/h3-6,8-13,16-18H,7,14-15H2,1-2H3,(H,28,30)/b23-17+. The van der Waals surface area contributed by atoms with Crippen molar-refractivity contribution in [2.75, 3.05) is 25.3 Å². The maximum atomic E-state index is 12.8. The molecule has 1 aliphatic heterocycles. The first-order valence-electron chi connectivity index (χ1n) is 11.0. The molecule has 0 spiro atoms. The molecule has 1 heterocycles. The second-order valence-electron chi connectivity index (χ2n) is 7.75. The minimum absolute atomic E-state index is 0.0490. The van der Waals surface area contributed by atoms with Gasteiger partial charge in [0.2, 0.25) is 0 Å². The van der Waals surface area contributed by atoms with E-state index in [1.807, 2.05) is 37.3 Å². The molecule has 2 amide bonds. The molecule has 0 unspecified atom stereocenters. The number of rotatable bonds is 9. The fourth-order valence-corrected chi connectivity index (χ4v) is 3.51. The molecule has 1 fully saturated rings. The molecule has 4 rings (SSSR count). The van der Waals surface area contributed by atoms with E-state index < -0.39 is 11.8 Å². The van der Waals surface area contributed by atoms with Crippen LogP contribution in [-0.2, 0) is 9.59 Å². The Morgan fingerprint density at radius 2 is 1.68 bits per heavy atom. The molecule has 1 saturated heterocycles. The SMILES string of the molecule is COc1cc(/C=C2\C(=O)NN(c3ccccc3)C2=O)ccc1OCCCOc1cccc(C)c1. The first kappa shape index (κ1) is 22.9. The first-order chi connectivity index (χ1) is 16.5. The van der Waals surface area contributed by atoms with E-state index in [4.69, 9.17) is 14.2 Å². The van der Waals surface area contributed by atoms with Crippen molar-refractivity contribution in [1.29, 1.82) is 0 Å². The van der Waals surface area contributed by atoms with Crippen LogP contribution in [0.1, 0.15) is 17.5 Å². The number of aryl methyl sites for hydroxylation is 1. The summed E-state index contributed by atoms with van der Waals surface area (Å²) in [6.45, 7) is 3.01. The number of ether oxygens (including phenoxy) is 3. The van der Waals surface area contributed by atoms with Crippen molar-refractivity contribution < 1.29 is 23.8 Å². The molecular formula is C27H26N2O5. The number of methoxy groups -OCH3 is 1. The number of carbonyl (C=O) groups excluding carboxylic acids is 2. The first-order valence-corrected chi connectivity index (χ1v) is 11.0. The van der Waals surface area contributed by atoms with Gasteiger partial charge in [0.15, 0.2) is 11.5 Å². The average molecular weight is 459 g/mol. The van der Waals surface area contributed by atoms with E-state index in [0.717, 1.165) is 11.3 Å². The van der Waals surface area contributed by atoms with Crippen LogP contribution in [0, 0.1) is 6.92 Å². The molecule has 0 radical (unpaired) electrons. The lowest BCUT2D eigenvalue weighted by Crippen LogP contribution is -2.35. The molecule has 1 aliphatic rings. The highest BCUT2D eigenvalue weighted by Crippen LogP contribution is 2.30. The minimum atomic E-state index is -0.457. The highest BCUT2D eigenvalue weighted by molar-refractivity contribution is 6.31. The van der Waals surface area contributed by atoms with Crippen LogP contribution in [0.5, 0.6) is 17.2 Å². The Labute approximate surface area is 198 Å². The van der Waals surface area contributed by atoms with Gasteiger partial charge in [-0.1, -0.05) is 36.4 Å². The summed E-state index contributed by atoms with van der Waals surface area (Å²) < 4.78 is 17.0. The van der Waals surface area contributed by atoms with Gasteiger partial charge >= 0.3 is 0 Å². The number of nitrogens with zero attached hydrogens (tertiary/aromatic N) is 1. The van der Waals surface area contributed by atoms with Crippen LogP contribution in [0.25, 0.3) is 6.08 Å². The van der Waals surface area contributed by atoms with Crippen LogP contribution in [0.2, 0.25) is 0 Å². The van der Waals surface area contributed by atoms with Crippen LogP contribution in [0.15, 0.2) is 78.4 Å². The zero-order valence-electron chi connectivity index (χ0n) is 19.1. The van der Waals surface area contributed by atoms with Crippen molar-refractivity contribution in [1.82, 2.24) is 5.43 Å². The highest BCUT2D eigenvalue weighted by atomic mass is 16.5. The molecule has 3 aromatic carbocycles. The quantitative estimate of drug-likeness (QED) is 0.294. The van der Waals surface area contributed by atoms with Crippen LogP contribution in [0.3, 0.4) is 0 Å². The maximum Gasteiger partial charge on any atom is 0.282 e. The second kappa shape index (κ2) is 10.6. The second-order valence-corrected chi connectivity index (χ2v) is 7.75. The van der Waals surface area contributed by atoms with E-state index in [-0.39, 0.29) is 5.57 Å². The number of carbonyl (C=O) groups is 2. The summed E-state index contributed by atoms with van der Waals surface area (Å²) >= 11 is 0. The molecule has 34 heavy (non-hydrogen) atoms. The molecule has 174 valence electrons. The summed E-state index contributed by atoms with van der Waals surface area (Å²) in [4.78, 5) is 25.2. The van der Waals surface area contributed by atoms with Crippen LogP contribution < -0.4 is 24.6 Å². The number of hydrogen-bond donors (Lipinski definition) is 1. The summed E-state index contributed by atoms with van der Waals surface area (Å²) in [6.07, 6.45) is 2.25. The van der Waals surface area contributed by atoms with Gasteiger partial charge in [-0.3, -0.25) is 15.0 Å². The van der Waals surface area contributed by atoms with Crippen molar-refractivity contribution in [2.45, 2.75) is 13.3 Å². The molecule has 7 heteroatoms. The van der Waals surface area contributed by atoms with Gasteiger partial charge in [-0.15, -0.1) is 0 Å². The zero-order valence-corrected chi connectivity index (χ0v) is 19.1. The Morgan fingerprint density at radius 1 is 0.882 bits per heavy atom. The van der Waals surface area contributed by atoms with Gasteiger partial charge in [-0.25, -0.2) is 5.01 Å². The zero-order chi connectivity index (χ0) is 23.9. The number of benzene rings is 3. The Morgan fingerprint density at radius 3 is 2.44 bits per heavy atom. The summed E-state index contributed by atoms with van der Waals surface area (Å²) in [7, 11) is 1.55. The van der Waals surface area contributed by atoms with E-state index in [1.54, 1.807) is 55.7 Å². The lowest BCUT2D eigenvalue weighted by atomic mass is 10.1. The number of hydrogen-bond acceptors (Lipinski definition) is 5. The van der Waals surface area contributed by atoms with Gasteiger partial charge in [-0.05, 0) is 60.5 Å². The Kier molecular flexibility index (Phi) is 7.13. The Bertz CT molecular complexity index is 1210. The number of anilines is 1. The summed E-state index contributed by atoms with van der Waals surface area (Å²) in [5.41, 5.74) is 5.04.